The summed E-state index contributed by atoms with van der Waals surface area (Å²) in [4.78, 5) is 11.7. The summed E-state index contributed by atoms with van der Waals surface area (Å²) in [6, 6.07) is 29.8. The van der Waals surface area contributed by atoms with Crippen LogP contribution in [0.15, 0.2) is 101 Å². The summed E-state index contributed by atoms with van der Waals surface area (Å²) < 4.78 is 67.3. The molecule has 0 aliphatic carbocycles. The lowest BCUT2D eigenvalue weighted by Gasteiger charge is -2.25. The standard InChI is InChI=1S/C40H45N3O8S3/c1-5-48-39-26-33(16-20-38(39)49-28-31-11-7-6-8-12-31)40-42-37(29-52-40)32-13-17-35(18-14-32)41-27-34-15-19-36(25-30(34)2)43(21-9-23-50-53(3,44)45)22-10-24-51-54(4,46)47/h6-8,11-20,25-27,29H,5,9-10,21-24,28H2,1-4H3. The van der Waals surface area contributed by atoms with E-state index in [-0.39, 0.29) is 13.2 Å². The maximum Gasteiger partial charge on any atom is 0.264 e. The second kappa shape index (κ2) is 19.1. The van der Waals surface area contributed by atoms with Crippen molar-refractivity contribution in [1.29, 1.82) is 0 Å². The van der Waals surface area contributed by atoms with Crippen LogP contribution >= 0.6 is 11.3 Å². The molecule has 14 heteroatoms. The maximum absolute atomic E-state index is 11.4. The molecular weight excluding hydrogens is 747 g/mol. The molecule has 0 fully saturated rings. The first-order valence-corrected chi connectivity index (χ1v) is 22.0. The van der Waals surface area contributed by atoms with Crippen LogP contribution in [0.1, 0.15) is 36.5 Å². The largest absolute Gasteiger partial charge is 0.490 e. The number of hydrogen-bond acceptors (Lipinski definition) is 12. The Morgan fingerprint density at radius 2 is 1.44 bits per heavy atom. The number of anilines is 1. The molecule has 0 unspecified atom stereocenters. The van der Waals surface area contributed by atoms with Gasteiger partial charge in [-0.05, 0) is 85.8 Å². The number of rotatable bonds is 20. The van der Waals surface area contributed by atoms with Crippen LogP contribution in [0.4, 0.5) is 11.4 Å². The molecule has 4 aromatic carbocycles. The van der Waals surface area contributed by atoms with Crippen LogP contribution in [0.2, 0.25) is 0 Å². The van der Waals surface area contributed by atoms with Gasteiger partial charge in [0.05, 0.1) is 43.7 Å². The third-order valence-electron chi connectivity index (χ3n) is 8.11. The molecule has 0 saturated carbocycles. The fourth-order valence-corrected chi connectivity index (χ4v) is 7.14. The minimum absolute atomic E-state index is 0.0518. The fraction of sp³-hybridized carbons (Fsp3) is 0.300. The zero-order valence-electron chi connectivity index (χ0n) is 30.8. The van der Waals surface area contributed by atoms with Crippen LogP contribution in [-0.4, -0.2) is 73.5 Å². The first kappa shape index (κ1) is 40.6. The summed E-state index contributed by atoms with van der Waals surface area (Å²) >= 11 is 1.57. The third-order valence-corrected chi connectivity index (χ3v) is 10.2. The fourth-order valence-electron chi connectivity index (χ4n) is 5.47. The number of hydrogen-bond donors (Lipinski definition) is 0. The summed E-state index contributed by atoms with van der Waals surface area (Å²) in [7, 11) is -7.07. The van der Waals surface area contributed by atoms with E-state index in [1.807, 2.05) is 116 Å². The van der Waals surface area contributed by atoms with Gasteiger partial charge in [-0.25, -0.2) is 4.98 Å². The molecular formula is C40H45N3O8S3. The van der Waals surface area contributed by atoms with E-state index >= 15 is 0 Å². The minimum atomic E-state index is -3.53. The first-order valence-electron chi connectivity index (χ1n) is 17.5. The number of aromatic nitrogens is 1. The highest BCUT2D eigenvalue weighted by molar-refractivity contribution is 7.86. The zero-order valence-corrected chi connectivity index (χ0v) is 33.3. The zero-order chi connectivity index (χ0) is 38.6. The van der Waals surface area contributed by atoms with Crippen molar-refractivity contribution in [3.8, 4) is 33.3 Å². The van der Waals surface area contributed by atoms with Gasteiger partial charge in [-0.1, -0.05) is 48.5 Å². The molecule has 0 aliphatic rings. The van der Waals surface area contributed by atoms with Crippen molar-refractivity contribution in [3.05, 3.63) is 113 Å². The third kappa shape index (κ3) is 12.8. The molecule has 54 heavy (non-hydrogen) atoms. The molecule has 0 aliphatic heterocycles. The van der Waals surface area contributed by atoms with Gasteiger partial charge in [0.25, 0.3) is 20.2 Å². The van der Waals surface area contributed by atoms with Crippen LogP contribution in [0.3, 0.4) is 0 Å². The van der Waals surface area contributed by atoms with E-state index in [1.54, 1.807) is 11.3 Å². The van der Waals surface area contributed by atoms with Crippen molar-refractivity contribution >= 4 is 49.2 Å². The molecule has 0 bridgehead atoms. The first-order chi connectivity index (χ1) is 25.9. The van der Waals surface area contributed by atoms with Crippen molar-refractivity contribution in [2.45, 2.75) is 33.3 Å². The van der Waals surface area contributed by atoms with Crippen LogP contribution in [-0.2, 0) is 35.2 Å². The van der Waals surface area contributed by atoms with Gasteiger partial charge in [0, 0.05) is 41.5 Å². The van der Waals surface area contributed by atoms with Crippen molar-refractivity contribution in [1.82, 2.24) is 4.98 Å². The van der Waals surface area contributed by atoms with Crippen molar-refractivity contribution < 1.29 is 34.7 Å². The highest BCUT2D eigenvalue weighted by atomic mass is 32.2. The average Bonchev–Trinajstić information content (AvgIpc) is 3.64. The van der Waals surface area contributed by atoms with Crippen molar-refractivity contribution in [3.63, 3.8) is 0 Å². The highest BCUT2D eigenvalue weighted by Crippen LogP contribution is 2.36. The molecule has 0 amide bonds. The number of benzene rings is 4. The number of aryl methyl sites for hydroxylation is 1. The minimum Gasteiger partial charge on any atom is -0.490 e. The van der Waals surface area contributed by atoms with Gasteiger partial charge in [-0.15, -0.1) is 11.3 Å². The van der Waals surface area contributed by atoms with Gasteiger partial charge in [-0.2, -0.15) is 16.8 Å². The maximum atomic E-state index is 11.4. The molecule has 1 aromatic heterocycles. The highest BCUT2D eigenvalue weighted by Gasteiger charge is 2.13. The van der Waals surface area contributed by atoms with Crippen LogP contribution in [0, 0.1) is 6.92 Å². The molecule has 0 N–H and O–H groups in total. The van der Waals surface area contributed by atoms with Gasteiger partial charge < -0.3 is 14.4 Å². The van der Waals surface area contributed by atoms with Crippen molar-refractivity contribution in [2.75, 3.05) is 50.3 Å². The summed E-state index contributed by atoms with van der Waals surface area (Å²) in [5, 5.41) is 2.92. The monoisotopic (exact) mass is 791 g/mol. The van der Waals surface area contributed by atoms with Gasteiger partial charge >= 0.3 is 0 Å². The Morgan fingerprint density at radius 1 is 0.778 bits per heavy atom. The molecule has 5 rings (SSSR count). The van der Waals surface area contributed by atoms with E-state index in [9.17, 15) is 16.8 Å². The Hall–Kier alpha value is -4.60. The summed E-state index contributed by atoms with van der Waals surface area (Å²) in [6.07, 6.45) is 4.79. The van der Waals surface area contributed by atoms with Crippen LogP contribution < -0.4 is 14.4 Å². The van der Waals surface area contributed by atoms with Gasteiger partial charge in [0.1, 0.15) is 11.6 Å². The van der Waals surface area contributed by atoms with E-state index < -0.39 is 20.2 Å². The summed E-state index contributed by atoms with van der Waals surface area (Å²) in [6.45, 7) is 6.05. The molecule has 5 aromatic rings. The van der Waals surface area contributed by atoms with E-state index in [2.05, 4.69) is 4.90 Å². The second-order valence-electron chi connectivity index (χ2n) is 12.5. The molecule has 0 saturated heterocycles. The Morgan fingerprint density at radius 3 is 2.07 bits per heavy atom. The Kier molecular flexibility index (Phi) is 14.4. The van der Waals surface area contributed by atoms with Crippen LogP contribution in [0.5, 0.6) is 11.5 Å². The second-order valence-corrected chi connectivity index (χ2v) is 16.6. The van der Waals surface area contributed by atoms with Gasteiger partial charge in [0.15, 0.2) is 11.5 Å². The average molecular weight is 792 g/mol. The molecule has 11 nitrogen and oxygen atoms in total. The SMILES string of the molecule is CCOc1cc(-c2nc(-c3ccc(N=Cc4ccc(N(CCCOS(C)(=O)=O)CCCOS(C)(=O)=O)cc4C)cc3)cs2)ccc1OCc1ccccc1. The lowest BCUT2D eigenvalue weighted by atomic mass is 10.1. The number of aliphatic imine (C=N–C) groups is 1. The lowest BCUT2D eigenvalue weighted by Crippen LogP contribution is -2.28. The Balaban J connectivity index is 1.22. The summed E-state index contributed by atoms with van der Waals surface area (Å²) in [5.74, 6) is 1.37. The Labute approximate surface area is 322 Å². The number of ether oxygens (including phenoxy) is 2. The molecule has 0 spiro atoms. The van der Waals surface area contributed by atoms with E-state index in [1.165, 1.54) is 0 Å². The molecule has 1 heterocycles. The van der Waals surface area contributed by atoms with E-state index in [4.69, 9.17) is 27.8 Å². The molecule has 0 atom stereocenters. The topological polar surface area (TPSA) is 134 Å². The Bertz CT molecular complexity index is 2180. The molecule has 286 valence electrons. The predicted molar refractivity (Wildman–Crippen MR) is 216 cm³/mol. The quantitative estimate of drug-likeness (QED) is 0.0433. The lowest BCUT2D eigenvalue weighted by molar-refractivity contribution is 0.269. The van der Waals surface area contributed by atoms with E-state index in [0.717, 1.165) is 62.4 Å². The van der Waals surface area contributed by atoms with Gasteiger partial charge in [-0.3, -0.25) is 13.4 Å². The van der Waals surface area contributed by atoms with Crippen LogP contribution in [0.25, 0.3) is 21.8 Å². The normalized spacial score (nSPS) is 11.9. The number of thiazole rings is 1. The smallest absolute Gasteiger partial charge is 0.264 e. The van der Waals surface area contributed by atoms with E-state index in [0.29, 0.717) is 50.6 Å². The van der Waals surface area contributed by atoms with Gasteiger partial charge in [0.2, 0.25) is 0 Å². The summed E-state index contributed by atoms with van der Waals surface area (Å²) in [5.41, 5.74) is 7.53. The molecule has 0 radical (unpaired) electrons. The van der Waals surface area contributed by atoms with Crippen molar-refractivity contribution in [2.24, 2.45) is 4.99 Å². The predicted octanol–water partition coefficient (Wildman–Crippen LogP) is 8.05. The number of nitrogens with zero attached hydrogens (tertiary/aromatic N) is 3.